The molecule has 1 aromatic rings. The molecule has 0 amide bonds. The monoisotopic (exact) mass is 240 g/mol. The van der Waals surface area contributed by atoms with Gasteiger partial charge in [-0.15, -0.1) is 11.3 Å². The second-order valence-corrected chi connectivity index (χ2v) is 5.96. The Balaban J connectivity index is 2.32. The van der Waals surface area contributed by atoms with E-state index in [0.717, 1.165) is 13.0 Å². The van der Waals surface area contributed by atoms with Gasteiger partial charge in [-0.1, -0.05) is 27.7 Å². The molecule has 1 heterocycles. The van der Waals surface area contributed by atoms with Crippen LogP contribution in [-0.4, -0.2) is 17.6 Å². The van der Waals surface area contributed by atoms with Crippen molar-refractivity contribution in [3.05, 3.63) is 16.1 Å². The van der Waals surface area contributed by atoms with Gasteiger partial charge in [-0.05, 0) is 12.8 Å². The molecule has 1 N–H and O–H groups in total. The van der Waals surface area contributed by atoms with Crippen LogP contribution in [0.2, 0.25) is 0 Å². The fourth-order valence-electron chi connectivity index (χ4n) is 1.37. The predicted octanol–water partition coefficient (Wildman–Crippen LogP) is 3.44. The van der Waals surface area contributed by atoms with Crippen LogP contribution in [0.5, 0.6) is 0 Å². The highest BCUT2D eigenvalue weighted by atomic mass is 32.1. The van der Waals surface area contributed by atoms with Crippen molar-refractivity contribution in [3.63, 3.8) is 0 Å². The van der Waals surface area contributed by atoms with Crippen LogP contribution in [0.4, 0.5) is 0 Å². The quantitative estimate of drug-likeness (QED) is 0.824. The van der Waals surface area contributed by atoms with E-state index in [1.165, 1.54) is 10.7 Å². The van der Waals surface area contributed by atoms with E-state index in [0.29, 0.717) is 17.9 Å². The number of nitrogens with zero attached hydrogens (tertiary/aromatic N) is 1. The van der Waals surface area contributed by atoms with Gasteiger partial charge in [-0.25, -0.2) is 4.98 Å². The van der Waals surface area contributed by atoms with Crippen molar-refractivity contribution in [3.8, 4) is 0 Å². The van der Waals surface area contributed by atoms with Crippen molar-refractivity contribution in [2.24, 2.45) is 5.92 Å². The molecule has 0 aromatic carbocycles. The molecular formula is C13H24N2S. The first kappa shape index (κ1) is 13.7. The molecule has 3 heteroatoms. The van der Waals surface area contributed by atoms with E-state index >= 15 is 0 Å². The van der Waals surface area contributed by atoms with E-state index < -0.39 is 0 Å². The molecule has 0 aliphatic heterocycles. The van der Waals surface area contributed by atoms with Gasteiger partial charge >= 0.3 is 0 Å². The summed E-state index contributed by atoms with van der Waals surface area (Å²) in [5.41, 5.74) is 1.23. The molecule has 2 nitrogen and oxygen atoms in total. The van der Waals surface area contributed by atoms with Gasteiger partial charge in [0.05, 0.1) is 10.7 Å². The van der Waals surface area contributed by atoms with Crippen molar-refractivity contribution in [2.45, 2.75) is 53.0 Å². The number of hydrogen-bond acceptors (Lipinski definition) is 3. The highest BCUT2D eigenvalue weighted by Crippen LogP contribution is 2.19. The van der Waals surface area contributed by atoms with Gasteiger partial charge in [0.1, 0.15) is 0 Å². The molecule has 0 saturated heterocycles. The average Bonchev–Trinajstić information content (AvgIpc) is 2.66. The summed E-state index contributed by atoms with van der Waals surface area (Å²) in [6.45, 7) is 12.2. The zero-order valence-electron chi connectivity index (χ0n) is 11.1. The second-order valence-electron chi connectivity index (χ2n) is 5.07. The summed E-state index contributed by atoms with van der Waals surface area (Å²) in [6, 6.07) is 0.586. The minimum atomic E-state index is 0.557. The third-order valence-corrected chi connectivity index (χ3v) is 4.10. The molecule has 0 aliphatic rings. The van der Waals surface area contributed by atoms with E-state index in [4.69, 9.17) is 0 Å². The highest BCUT2D eigenvalue weighted by Gasteiger charge is 2.08. The Morgan fingerprint density at radius 2 is 1.94 bits per heavy atom. The van der Waals surface area contributed by atoms with Crippen molar-refractivity contribution in [1.29, 1.82) is 0 Å². The Bertz CT molecular complexity index is 305. The Kier molecular flexibility index (Phi) is 5.42. The molecule has 92 valence electrons. The van der Waals surface area contributed by atoms with Crippen LogP contribution < -0.4 is 5.32 Å². The lowest BCUT2D eigenvalue weighted by atomic mass is 10.1. The van der Waals surface area contributed by atoms with Crippen LogP contribution in [-0.2, 0) is 6.42 Å². The van der Waals surface area contributed by atoms with E-state index in [2.05, 4.69) is 50.3 Å². The maximum absolute atomic E-state index is 4.63. The highest BCUT2D eigenvalue weighted by molar-refractivity contribution is 7.09. The van der Waals surface area contributed by atoms with Crippen LogP contribution in [0.3, 0.4) is 0 Å². The van der Waals surface area contributed by atoms with Crippen LogP contribution in [0, 0.1) is 5.92 Å². The molecule has 0 aliphatic carbocycles. The molecule has 1 rings (SSSR count). The summed E-state index contributed by atoms with van der Waals surface area (Å²) >= 11 is 1.78. The molecule has 0 fully saturated rings. The molecular weight excluding hydrogens is 216 g/mol. The predicted molar refractivity (Wildman–Crippen MR) is 72.2 cm³/mol. The largest absolute Gasteiger partial charge is 0.314 e. The van der Waals surface area contributed by atoms with Gasteiger partial charge in [-0.2, -0.15) is 0 Å². The maximum atomic E-state index is 4.63. The fraction of sp³-hybridized carbons (Fsp3) is 0.769. The summed E-state index contributed by atoms with van der Waals surface area (Å²) in [4.78, 5) is 4.63. The Hall–Kier alpha value is -0.410. The van der Waals surface area contributed by atoms with E-state index in [1.807, 2.05) is 0 Å². The zero-order valence-corrected chi connectivity index (χ0v) is 11.9. The van der Waals surface area contributed by atoms with E-state index in [1.54, 1.807) is 11.3 Å². The summed E-state index contributed by atoms with van der Waals surface area (Å²) in [7, 11) is 0. The zero-order chi connectivity index (χ0) is 12.1. The molecule has 0 radical (unpaired) electrons. The lowest BCUT2D eigenvalue weighted by molar-refractivity contribution is 0.429. The first-order chi connectivity index (χ1) is 7.50. The van der Waals surface area contributed by atoms with Crippen LogP contribution in [0.15, 0.2) is 5.38 Å². The number of hydrogen-bond donors (Lipinski definition) is 1. The Morgan fingerprint density at radius 3 is 2.44 bits per heavy atom. The van der Waals surface area contributed by atoms with Gasteiger partial charge in [-0.3, -0.25) is 0 Å². The summed E-state index contributed by atoms with van der Waals surface area (Å²) in [5, 5.41) is 6.98. The smallest absolute Gasteiger partial charge is 0.0953 e. The summed E-state index contributed by atoms with van der Waals surface area (Å²) in [6.07, 6.45) is 1.04. The number of nitrogens with one attached hydrogen (secondary N) is 1. The van der Waals surface area contributed by atoms with Crippen molar-refractivity contribution < 1.29 is 0 Å². The molecule has 16 heavy (non-hydrogen) atoms. The molecule has 0 bridgehead atoms. The number of rotatable bonds is 6. The van der Waals surface area contributed by atoms with Crippen molar-refractivity contribution in [1.82, 2.24) is 10.3 Å². The third kappa shape index (κ3) is 4.22. The maximum Gasteiger partial charge on any atom is 0.0953 e. The molecule has 0 saturated carbocycles. The van der Waals surface area contributed by atoms with Crippen LogP contribution >= 0.6 is 11.3 Å². The van der Waals surface area contributed by atoms with Gasteiger partial charge < -0.3 is 5.32 Å². The van der Waals surface area contributed by atoms with Crippen LogP contribution in [0.1, 0.15) is 51.2 Å². The molecule has 1 atom stereocenters. The Morgan fingerprint density at radius 1 is 1.25 bits per heavy atom. The minimum absolute atomic E-state index is 0.557. The minimum Gasteiger partial charge on any atom is -0.314 e. The molecule has 1 aromatic heterocycles. The molecule has 0 spiro atoms. The molecule has 1 unspecified atom stereocenters. The standard InChI is InChI=1S/C13H24N2S/c1-9(2)11(5)14-7-6-12-8-16-13(15-12)10(3)4/h8-11,14H,6-7H2,1-5H3. The van der Waals surface area contributed by atoms with Gasteiger partial charge in [0.25, 0.3) is 0 Å². The lowest BCUT2D eigenvalue weighted by Gasteiger charge is -2.16. The third-order valence-electron chi connectivity index (χ3n) is 2.91. The second kappa shape index (κ2) is 6.36. The average molecular weight is 240 g/mol. The number of thiazole rings is 1. The number of aromatic nitrogens is 1. The fourth-order valence-corrected chi connectivity index (χ4v) is 2.24. The first-order valence-corrected chi connectivity index (χ1v) is 7.06. The van der Waals surface area contributed by atoms with E-state index in [9.17, 15) is 0 Å². The topological polar surface area (TPSA) is 24.9 Å². The van der Waals surface area contributed by atoms with E-state index in [-0.39, 0.29) is 0 Å². The van der Waals surface area contributed by atoms with Crippen molar-refractivity contribution in [2.75, 3.05) is 6.54 Å². The van der Waals surface area contributed by atoms with Gasteiger partial charge in [0.2, 0.25) is 0 Å². The van der Waals surface area contributed by atoms with Gasteiger partial charge in [0.15, 0.2) is 0 Å². The Labute approximate surface area is 103 Å². The van der Waals surface area contributed by atoms with Crippen molar-refractivity contribution >= 4 is 11.3 Å². The summed E-state index contributed by atoms with van der Waals surface area (Å²) in [5.74, 6) is 1.25. The van der Waals surface area contributed by atoms with Gasteiger partial charge in [0, 0.05) is 30.3 Å². The summed E-state index contributed by atoms with van der Waals surface area (Å²) < 4.78 is 0. The normalized spacial score (nSPS) is 13.7. The SMILES string of the molecule is CC(C)c1nc(CCNC(C)C(C)C)cs1. The lowest BCUT2D eigenvalue weighted by Crippen LogP contribution is -2.32. The first-order valence-electron chi connectivity index (χ1n) is 6.18. The van der Waals surface area contributed by atoms with Crippen LogP contribution in [0.25, 0.3) is 0 Å².